The summed E-state index contributed by atoms with van der Waals surface area (Å²) >= 11 is 3.39. The first-order valence-electron chi connectivity index (χ1n) is 5.07. The Hall–Kier alpha value is -1.42. The van der Waals surface area contributed by atoms with Crippen molar-refractivity contribution in [1.29, 1.82) is 0 Å². The van der Waals surface area contributed by atoms with Crippen LogP contribution in [0.2, 0.25) is 0 Å². The maximum atomic E-state index is 13.9. The van der Waals surface area contributed by atoms with E-state index in [1.165, 1.54) is 13.2 Å². The van der Waals surface area contributed by atoms with Crippen LogP contribution in [0.3, 0.4) is 0 Å². The Bertz CT molecular complexity index is 557. The molecular formula is C13H11BrFNO. The van der Waals surface area contributed by atoms with Crippen molar-refractivity contribution in [3.05, 3.63) is 46.4 Å². The third-order valence-corrected chi connectivity index (χ3v) is 3.42. The van der Waals surface area contributed by atoms with Gasteiger partial charge in [0.25, 0.3) is 0 Å². The first-order valence-corrected chi connectivity index (χ1v) is 5.87. The Balaban J connectivity index is 2.57. The molecule has 2 aromatic rings. The van der Waals surface area contributed by atoms with Gasteiger partial charge in [-0.1, -0.05) is 0 Å². The van der Waals surface area contributed by atoms with Crippen LogP contribution in [-0.4, -0.2) is 12.1 Å². The molecule has 2 rings (SSSR count). The van der Waals surface area contributed by atoms with E-state index in [0.717, 1.165) is 15.6 Å². The van der Waals surface area contributed by atoms with E-state index in [1.807, 2.05) is 6.92 Å². The molecule has 1 heterocycles. The minimum atomic E-state index is -0.313. The summed E-state index contributed by atoms with van der Waals surface area (Å²) < 4.78 is 19.8. The van der Waals surface area contributed by atoms with Gasteiger partial charge in [0.1, 0.15) is 11.6 Å². The molecule has 0 atom stereocenters. The van der Waals surface area contributed by atoms with Crippen LogP contribution in [0.5, 0.6) is 5.75 Å². The summed E-state index contributed by atoms with van der Waals surface area (Å²) in [6, 6.07) is 4.80. The highest BCUT2D eigenvalue weighted by Crippen LogP contribution is 2.31. The van der Waals surface area contributed by atoms with E-state index in [9.17, 15) is 4.39 Å². The normalized spacial score (nSPS) is 10.4. The van der Waals surface area contributed by atoms with Gasteiger partial charge in [0.15, 0.2) is 0 Å². The fourth-order valence-electron chi connectivity index (χ4n) is 1.61. The average Bonchev–Trinajstić information content (AvgIpc) is 2.33. The van der Waals surface area contributed by atoms with Crippen molar-refractivity contribution in [2.24, 2.45) is 0 Å². The van der Waals surface area contributed by atoms with Gasteiger partial charge in [-0.25, -0.2) is 4.39 Å². The lowest BCUT2D eigenvalue weighted by Crippen LogP contribution is -1.92. The molecule has 1 aromatic carbocycles. The summed E-state index contributed by atoms with van der Waals surface area (Å²) in [5, 5.41) is 0. The van der Waals surface area contributed by atoms with Gasteiger partial charge < -0.3 is 4.74 Å². The molecular weight excluding hydrogens is 285 g/mol. The predicted octanol–water partition coefficient (Wildman–Crippen LogP) is 3.97. The topological polar surface area (TPSA) is 22.1 Å². The fraction of sp³-hybridized carbons (Fsp3) is 0.154. The van der Waals surface area contributed by atoms with Gasteiger partial charge in [0.2, 0.25) is 0 Å². The van der Waals surface area contributed by atoms with Crippen LogP contribution in [0.25, 0.3) is 11.1 Å². The summed E-state index contributed by atoms with van der Waals surface area (Å²) in [6.45, 7) is 1.92. The number of ether oxygens (including phenoxy) is 1. The van der Waals surface area contributed by atoms with Crippen LogP contribution < -0.4 is 4.74 Å². The number of hydrogen-bond donors (Lipinski definition) is 0. The summed E-state index contributed by atoms with van der Waals surface area (Å²) in [6.07, 6.45) is 3.35. The minimum absolute atomic E-state index is 0.313. The zero-order chi connectivity index (χ0) is 12.4. The van der Waals surface area contributed by atoms with Crippen molar-refractivity contribution < 1.29 is 9.13 Å². The molecule has 0 saturated carbocycles. The van der Waals surface area contributed by atoms with E-state index >= 15 is 0 Å². The monoisotopic (exact) mass is 295 g/mol. The Morgan fingerprint density at radius 1 is 1.24 bits per heavy atom. The lowest BCUT2D eigenvalue weighted by molar-refractivity contribution is 0.411. The maximum absolute atomic E-state index is 13.9. The SMILES string of the molecule is COc1ccc(-c2cncc(Br)c2C)c(F)c1. The Morgan fingerprint density at radius 2 is 2.00 bits per heavy atom. The van der Waals surface area contributed by atoms with Crippen molar-refractivity contribution in [1.82, 2.24) is 4.98 Å². The summed E-state index contributed by atoms with van der Waals surface area (Å²) in [4.78, 5) is 4.06. The van der Waals surface area contributed by atoms with Crippen LogP contribution in [0.15, 0.2) is 35.1 Å². The van der Waals surface area contributed by atoms with Gasteiger partial charge in [-0.15, -0.1) is 0 Å². The van der Waals surface area contributed by atoms with Gasteiger partial charge >= 0.3 is 0 Å². The number of nitrogens with zero attached hydrogens (tertiary/aromatic N) is 1. The Morgan fingerprint density at radius 3 is 2.65 bits per heavy atom. The van der Waals surface area contributed by atoms with E-state index in [4.69, 9.17) is 4.74 Å². The summed E-state index contributed by atoms with van der Waals surface area (Å²) in [7, 11) is 1.51. The second-order valence-corrected chi connectivity index (χ2v) is 4.49. The molecule has 0 saturated heterocycles. The molecule has 1 aromatic heterocycles. The number of halogens is 2. The number of methoxy groups -OCH3 is 1. The van der Waals surface area contributed by atoms with Crippen molar-refractivity contribution in [2.45, 2.75) is 6.92 Å². The molecule has 88 valence electrons. The standard InChI is InChI=1S/C13H11BrFNO/c1-8-11(6-16-7-12(8)14)10-4-3-9(17-2)5-13(10)15/h3-7H,1-2H3. The van der Waals surface area contributed by atoms with Crippen LogP contribution in [0, 0.1) is 12.7 Å². The van der Waals surface area contributed by atoms with Crippen LogP contribution >= 0.6 is 15.9 Å². The number of rotatable bonds is 2. The van der Waals surface area contributed by atoms with Crippen molar-refractivity contribution in [3.63, 3.8) is 0 Å². The molecule has 0 aliphatic rings. The van der Waals surface area contributed by atoms with Crippen molar-refractivity contribution in [2.75, 3.05) is 7.11 Å². The van der Waals surface area contributed by atoms with Gasteiger partial charge in [-0.3, -0.25) is 4.98 Å². The lowest BCUT2D eigenvalue weighted by Gasteiger charge is -2.09. The second-order valence-electron chi connectivity index (χ2n) is 3.64. The third kappa shape index (κ3) is 2.31. The predicted molar refractivity (Wildman–Crippen MR) is 68.6 cm³/mol. The Labute approximate surface area is 108 Å². The van der Waals surface area contributed by atoms with Gasteiger partial charge in [-0.2, -0.15) is 0 Å². The van der Waals surface area contributed by atoms with Crippen LogP contribution in [0.4, 0.5) is 4.39 Å². The molecule has 0 aliphatic heterocycles. The zero-order valence-corrected chi connectivity index (χ0v) is 11.1. The average molecular weight is 296 g/mol. The second kappa shape index (κ2) is 4.84. The van der Waals surface area contributed by atoms with Gasteiger partial charge in [-0.05, 0) is 40.5 Å². The molecule has 0 amide bonds. The highest BCUT2D eigenvalue weighted by molar-refractivity contribution is 9.10. The minimum Gasteiger partial charge on any atom is -0.497 e. The number of hydrogen-bond acceptors (Lipinski definition) is 2. The molecule has 0 N–H and O–H groups in total. The molecule has 0 aliphatic carbocycles. The molecule has 2 nitrogen and oxygen atoms in total. The first-order chi connectivity index (χ1) is 8.13. The molecule has 4 heteroatoms. The molecule has 0 bridgehead atoms. The van der Waals surface area contributed by atoms with Crippen LogP contribution in [-0.2, 0) is 0 Å². The van der Waals surface area contributed by atoms with Crippen molar-refractivity contribution >= 4 is 15.9 Å². The highest BCUT2D eigenvalue weighted by atomic mass is 79.9. The molecule has 0 unspecified atom stereocenters. The summed E-state index contributed by atoms with van der Waals surface area (Å²) in [5.74, 6) is 0.194. The van der Waals surface area contributed by atoms with E-state index in [2.05, 4.69) is 20.9 Å². The van der Waals surface area contributed by atoms with Crippen molar-refractivity contribution in [3.8, 4) is 16.9 Å². The number of benzene rings is 1. The number of aromatic nitrogens is 1. The van der Waals surface area contributed by atoms with E-state index < -0.39 is 0 Å². The molecule has 0 fully saturated rings. The fourth-order valence-corrected chi connectivity index (χ4v) is 1.94. The zero-order valence-electron chi connectivity index (χ0n) is 9.50. The highest BCUT2D eigenvalue weighted by Gasteiger charge is 2.10. The third-order valence-electron chi connectivity index (χ3n) is 2.62. The first kappa shape index (κ1) is 12.0. The molecule has 0 spiro atoms. The van der Waals surface area contributed by atoms with E-state index in [0.29, 0.717) is 11.3 Å². The van der Waals surface area contributed by atoms with E-state index in [1.54, 1.807) is 24.5 Å². The molecule has 17 heavy (non-hydrogen) atoms. The summed E-state index contributed by atoms with van der Waals surface area (Å²) in [5.41, 5.74) is 2.26. The Kier molecular flexibility index (Phi) is 3.43. The largest absolute Gasteiger partial charge is 0.497 e. The number of pyridine rings is 1. The van der Waals surface area contributed by atoms with Gasteiger partial charge in [0, 0.05) is 34.1 Å². The van der Waals surface area contributed by atoms with Crippen LogP contribution in [0.1, 0.15) is 5.56 Å². The quantitative estimate of drug-likeness (QED) is 0.836. The van der Waals surface area contributed by atoms with Gasteiger partial charge in [0.05, 0.1) is 7.11 Å². The lowest BCUT2D eigenvalue weighted by atomic mass is 10.0. The molecule has 0 radical (unpaired) electrons. The smallest absolute Gasteiger partial charge is 0.134 e. The van der Waals surface area contributed by atoms with E-state index in [-0.39, 0.29) is 5.82 Å². The maximum Gasteiger partial charge on any atom is 0.134 e.